The Morgan fingerprint density at radius 3 is 2.64 bits per heavy atom. The number of carbonyl (C=O) groups excluding carboxylic acids is 1. The third kappa shape index (κ3) is 3.71. The first-order valence-electron chi connectivity index (χ1n) is 8.59. The number of aryl methyl sites for hydroxylation is 1. The second kappa shape index (κ2) is 7.51. The fraction of sp³-hybridized carbons (Fsp3) is 0.200. The lowest BCUT2D eigenvalue weighted by atomic mass is 10.0. The second-order valence-corrected chi connectivity index (χ2v) is 6.41. The van der Waals surface area contributed by atoms with E-state index in [2.05, 4.69) is 15.3 Å². The third-order valence-corrected chi connectivity index (χ3v) is 4.31. The zero-order chi connectivity index (χ0) is 20.4. The maximum Gasteiger partial charge on any atom is 0.328 e. The molecule has 0 fully saturated rings. The molecule has 3 aromatic rings. The predicted molar refractivity (Wildman–Crippen MR) is 106 cm³/mol. The van der Waals surface area contributed by atoms with Crippen LogP contribution in [0.1, 0.15) is 18.1 Å². The predicted octanol–water partition coefficient (Wildman–Crippen LogP) is 2.50. The minimum absolute atomic E-state index is 0.227. The van der Waals surface area contributed by atoms with Crippen LogP contribution in [0.3, 0.4) is 0 Å². The molecule has 144 valence electrons. The Hall–Kier alpha value is -3.68. The lowest BCUT2D eigenvalue weighted by molar-refractivity contribution is -0.114. The summed E-state index contributed by atoms with van der Waals surface area (Å²) in [4.78, 5) is 41.8. The van der Waals surface area contributed by atoms with Crippen molar-refractivity contribution in [3.63, 3.8) is 0 Å². The molecule has 3 rings (SSSR count). The zero-order valence-electron chi connectivity index (χ0n) is 16.0. The first-order valence-corrected chi connectivity index (χ1v) is 8.59. The zero-order valence-corrected chi connectivity index (χ0v) is 16.0. The maximum absolute atomic E-state index is 12.0. The summed E-state index contributed by atoms with van der Waals surface area (Å²) in [7, 11) is 1.61. The molecule has 0 bridgehead atoms. The Morgan fingerprint density at radius 2 is 1.96 bits per heavy atom. The summed E-state index contributed by atoms with van der Waals surface area (Å²) < 4.78 is 7.24. The molecule has 0 saturated carbocycles. The van der Waals surface area contributed by atoms with E-state index in [-0.39, 0.29) is 11.8 Å². The lowest BCUT2D eigenvalue weighted by Crippen LogP contribution is -2.31. The molecule has 28 heavy (non-hydrogen) atoms. The molecule has 8 nitrogen and oxygen atoms in total. The number of anilines is 1. The first kappa shape index (κ1) is 19.1. The van der Waals surface area contributed by atoms with Crippen molar-refractivity contribution >= 4 is 11.6 Å². The molecule has 0 aliphatic heterocycles. The SMILES string of the molecule is CC(=O)Nc1cccnc1Oc1ccc(-c2c(C)c(=O)[nH]c(=O)n2C)c(C)c1. The van der Waals surface area contributed by atoms with E-state index in [4.69, 9.17) is 4.74 Å². The summed E-state index contributed by atoms with van der Waals surface area (Å²) >= 11 is 0. The number of amides is 1. The van der Waals surface area contributed by atoms with Crippen LogP contribution in [-0.2, 0) is 11.8 Å². The monoisotopic (exact) mass is 380 g/mol. The minimum atomic E-state index is -0.473. The van der Waals surface area contributed by atoms with Gasteiger partial charge in [-0.2, -0.15) is 0 Å². The number of carbonyl (C=O) groups is 1. The third-order valence-electron chi connectivity index (χ3n) is 4.31. The van der Waals surface area contributed by atoms with Crippen molar-refractivity contribution in [1.29, 1.82) is 0 Å². The highest BCUT2D eigenvalue weighted by atomic mass is 16.5. The largest absolute Gasteiger partial charge is 0.437 e. The molecule has 0 aliphatic carbocycles. The number of nitrogens with zero attached hydrogens (tertiary/aromatic N) is 2. The molecule has 2 N–H and O–H groups in total. The Morgan fingerprint density at radius 1 is 1.21 bits per heavy atom. The minimum Gasteiger partial charge on any atom is -0.437 e. The van der Waals surface area contributed by atoms with Crippen LogP contribution in [-0.4, -0.2) is 20.4 Å². The van der Waals surface area contributed by atoms with E-state index < -0.39 is 11.2 Å². The van der Waals surface area contributed by atoms with Crippen molar-refractivity contribution in [2.45, 2.75) is 20.8 Å². The molecule has 8 heteroatoms. The van der Waals surface area contributed by atoms with E-state index in [9.17, 15) is 14.4 Å². The van der Waals surface area contributed by atoms with Gasteiger partial charge in [0.05, 0.1) is 5.69 Å². The molecule has 0 unspecified atom stereocenters. The molecular formula is C20H20N4O4. The second-order valence-electron chi connectivity index (χ2n) is 6.41. The number of pyridine rings is 1. The highest BCUT2D eigenvalue weighted by Crippen LogP contribution is 2.31. The highest BCUT2D eigenvalue weighted by molar-refractivity contribution is 5.90. The van der Waals surface area contributed by atoms with Gasteiger partial charge in [-0.1, -0.05) is 0 Å². The number of H-pyrrole nitrogens is 1. The average Bonchev–Trinajstić information content (AvgIpc) is 2.63. The molecular weight excluding hydrogens is 360 g/mol. The van der Waals surface area contributed by atoms with Gasteiger partial charge >= 0.3 is 5.69 Å². The van der Waals surface area contributed by atoms with Crippen molar-refractivity contribution in [3.05, 3.63) is 68.5 Å². The van der Waals surface area contributed by atoms with Crippen LogP contribution in [0.5, 0.6) is 11.6 Å². The van der Waals surface area contributed by atoms with Gasteiger partial charge in [-0.3, -0.25) is 19.1 Å². The molecule has 0 saturated heterocycles. The molecule has 2 aromatic heterocycles. The quantitative estimate of drug-likeness (QED) is 0.723. The van der Waals surface area contributed by atoms with E-state index in [1.54, 1.807) is 50.5 Å². The number of aromatic amines is 1. The molecule has 1 aromatic carbocycles. The average molecular weight is 380 g/mol. The normalized spacial score (nSPS) is 10.6. The van der Waals surface area contributed by atoms with Crippen LogP contribution >= 0.6 is 0 Å². The number of benzene rings is 1. The molecule has 0 spiro atoms. The maximum atomic E-state index is 12.0. The number of ether oxygens (including phenoxy) is 1. The summed E-state index contributed by atoms with van der Waals surface area (Å²) in [6.07, 6.45) is 1.57. The number of nitrogens with one attached hydrogen (secondary N) is 2. The number of hydrogen-bond donors (Lipinski definition) is 2. The van der Waals surface area contributed by atoms with Crippen molar-refractivity contribution in [3.8, 4) is 22.9 Å². The number of aromatic nitrogens is 3. The van der Waals surface area contributed by atoms with Crippen LogP contribution in [0.2, 0.25) is 0 Å². The van der Waals surface area contributed by atoms with Gasteiger partial charge < -0.3 is 10.1 Å². The topological polar surface area (TPSA) is 106 Å². The fourth-order valence-electron chi connectivity index (χ4n) is 2.95. The number of rotatable bonds is 4. The van der Waals surface area contributed by atoms with Crippen LogP contribution in [0, 0.1) is 13.8 Å². The van der Waals surface area contributed by atoms with Gasteiger partial charge in [-0.15, -0.1) is 0 Å². The van der Waals surface area contributed by atoms with Crippen molar-refractivity contribution in [1.82, 2.24) is 14.5 Å². The van der Waals surface area contributed by atoms with Crippen LogP contribution in [0.25, 0.3) is 11.3 Å². The first-order chi connectivity index (χ1) is 13.3. The standard InChI is InChI=1S/C20H20N4O4/c1-11-10-14(28-19-16(22-13(3)25)6-5-9-21-19)7-8-15(11)17-12(2)18(26)23-20(27)24(17)4/h5-10H,1-4H3,(H,22,25)(H,23,26,27). The van der Waals surface area contributed by atoms with Gasteiger partial charge in [0.1, 0.15) is 11.4 Å². The lowest BCUT2D eigenvalue weighted by Gasteiger charge is -2.15. The van der Waals surface area contributed by atoms with Gasteiger partial charge in [0.25, 0.3) is 5.56 Å². The van der Waals surface area contributed by atoms with Crippen LogP contribution in [0.15, 0.2) is 46.1 Å². The van der Waals surface area contributed by atoms with Gasteiger partial charge in [-0.25, -0.2) is 9.78 Å². The highest BCUT2D eigenvalue weighted by Gasteiger charge is 2.14. The van der Waals surface area contributed by atoms with Gasteiger partial charge in [0.2, 0.25) is 11.8 Å². The molecule has 1 amide bonds. The van der Waals surface area contributed by atoms with Crippen LogP contribution in [0.4, 0.5) is 5.69 Å². The molecule has 0 radical (unpaired) electrons. The van der Waals surface area contributed by atoms with E-state index in [1.807, 2.05) is 6.92 Å². The van der Waals surface area contributed by atoms with Crippen molar-refractivity contribution in [2.24, 2.45) is 7.05 Å². The van der Waals surface area contributed by atoms with Gasteiger partial charge in [0, 0.05) is 31.3 Å². The Kier molecular flexibility index (Phi) is 5.12. The van der Waals surface area contributed by atoms with E-state index in [0.717, 1.165) is 11.1 Å². The van der Waals surface area contributed by atoms with E-state index in [1.165, 1.54) is 11.5 Å². The Bertz CT molecular complexity index is 1140. The van der Waals surface area contributed by atoms with Crippen molar-refractivity contribution < 1.29 is 9.53 Å². The number of hydrogen-bond acceptors (Lipinski definition) is 5. The Balaban J connectivity index is 2.01. The fourth-order valence-corrected chi connectivity index (χ4v) is 2.95. The summed E-state index contributed by atoms with van der Waals surface area (Å²) in [6, 6.07) is 8.68. The summed E-state index contributed by atoms with van der Waals surface area (Å²) in [5.41, 5.74) is 2.15. The molecule has 2 heterocycles. The van der Waals surface area contributed by atoms with Crippen molar-refractivity contribution in [2.75, 3.05) is 5.32 Å². The van der Waals surface area contributed by atoms with Crippen LogP contribution < -0.4 is 21.3 Å². The van der Waals surface area contributed by atoms with Gasteiger partial charge in [-0.05, 0) is 49.7 Å². The summed E-state index contributed by atoms with van der Waals surface area (Å²) in [5, 5.41) is 2.67. The molecule has 0 atom stereocenters. The summed E-state index contributed by atoms with van der Waals surface area (Å²) in [6.45, 7) is 4.94. The Labute approximate surface area is 160 Å². The molecule has 0 aliphatic rings. The smallest absolute Gasteiger partial charge is 0.328 e. The summed E-state index contributed by atoms with van der Waals surface area (Å²) in [5.74, 6) is 0.554. The van der Waals surface area contributed by atoms with E-state index in [0.29, 0.717) is 22.7 Å². The van der Waals surface area contributed by atoms with Gasteiger partial charge in [0.15, 0.2) is 0 Å². The van der Waals surface area contributed by atoms with E-state index >= 15 is 0 Å².